The molecule has 1 atom stereocenters. The molecule has 0 saturated carbocycles. The number of carbonyl (C=O) groups excluding carboxylic acids is 2. The average Bonchev–Trinajstić information content (AvgIpc) is 2.56. The Labute approximate surface area is 144 Å². The van der Waals surface area contributed by atoms with Crippen LogP contribution in [-0.4, -0.2) is 53.4 Å². The zero-order valence-corrected chi connectivity index (χ0v) is 13.6. The number of nitrogens with zero attached hydrogens (tertiary/aromatic N) is 1. The van der Waals surface area contributed by atoms with E-state index in [1.54, 1.807) is 24.3 Å². The Morgan fingerprint density at radius 3 is 2.64 bits per heavy atom. The smallest absolute Gasteiger partial charge is 0.318 e. The Morgan fingerprint density at radius 2 is 2.04 bits per heavy atom. The molecule has 3 amide bonds. The van der Waals surface area contributed by atoms with E-state index in [-0.39, 0.29) is 37.4 Å². The van der Waals surface area contributed by atoms with Gasteiger partial charge >= 0.3 is 12.0 Å². The molecule has 0 spiro atoms. The number of aliphatic carboxylic acids is 1. The number of carboxylic acid groups (broad SMARTS) is 1. The Bertz CT molecular complexity index is 674. The number of benzene rings is 1. The minimum Gasteiger partial charge on any atom is -0.481 e. The van der Waals surface area contributed by atoms with E-state index < -0.39 is 11.9 Å². The Hall–Kier alpha value is -3.10. The lowest BCUT2D eigenvalue weighted by molar-refractivity contribution is -0.136. The summed E-state index contributed by atoms with van der Waals surface area (Å²) in [5.41, 5.74) is 6.87. The highest BCUT2D eigenvalue weighted by Gasteiger charge is 2.30. The third-order valence-electron chi connectivity index (χ3n) is 3.91. The van der Waals surface area contributed by atoms with Crippen molar-refractivity contribution in [2.24, 2.45) is 5.73 Å². The number of amidine groups is 1. The minimum atomic E-state index is -1.00. The van der Waals surface area contributed by atoms with E-state index in [1.807, 2.05) is 0 Å². The summed E-state index contributed by atoms with van der Waals surface area (Å²) in [4.78, 5) is 36.1. The second-order valence-electron chi connectivity index (χ2n) is 5.69. The molecule has 0 radical (unpaired) electrons. The molecule has 6 N–H and O–H groups in total. The number of hydrogen-bond acceptors (Lipinski definition) is 4. The Kier molecular flexibility index (Phi) is 5.93. The zero-order chi connectivity index (χ0) is 18.4. The van der Waals surface area contributed by atoms with E-state index in [0.29, 0.717) is 18.5 Å². The number of nitrogens with one attached hydrogen (secondary N) is 3. The molecule has 1 unspecified atom stereocenters. The second kappa shape index (κ2) is 8.13. The van der Waals surface area contributed by atoms with Crippen LogP contribution in [0.1, 0.15) is 30.0 Å². The molecular weight excluding hydrogens is 326 g/mol. The first kappa shape index (κ1) is 18.2. The number of nitrogen functional groups attached to an aromatic ring is 1. The van der Waals surface area contributed by atoms with Crippen LogP contribution in [0.4, 0.5) is 4.79 Å². The summed E-state index contributed by atoms with van der Waals surface area (Å²) in [5, 5.41) is 21.2. The molecule has 9 heteroatoms. The minimum absolute atomic E-state index is 0.0155. The predicted octanol–water partition coefficient (Wildman–Crippen LogP) is 0.0180. The molecule has 1 heterocycles. The van der Waals surface area contributed by atoms with Crippen molar-refractivity contribution < 1.29 is 19.5 Å². The van der Waals surface area contributed by atoms with Gasteiger partial charge in [-0.25, -0.2) is 4.79 Å². The standard InChI is InChI=1S/C16H21N5O4/c17-15(18)11-3-1-10(2-4-11)12-5-7-20-16(25)21(12)9-13(22)19-8-6-14(23)24/h1-4,12H,5-9H2,(H3,17,18)(H,19,22)(H,20,25)(H,23,24). The van der Waals surface area contributed by atoms with Gasteiger partial charge in [-0.15, -0.1) is 0 Å². The molecule has 1 aliphatic heterocycles. The predicted molar refractivity (Wildman–Crippen MR) is 90.2 cm³/mol. The first-order valence-electron chi connectivity index (χ1n) is 7.86. The fourth-order valence-electron chi connectivity index (χ4n) is 2.65. The summed E-state index contributed by atoms with van der Waals surface area (Å²) in [6.45, 7) is 0.348. The number of rotatable bonds is 7. The van der Waals surface area contributed by atoms with E-state index in [4.69, 9.17) is 16.2 Å². The molecule has 1 fully saturated rings. The van der Waals surface area contributed by atoms with Gasteiger partial charge in [0.25, 0.3) is 0 Å². The number of carbonyl (C=O) groups is 3. The molecule has 0 aliphatic carbocycles. The van der Waals surface area contributed by atoms with Crippen molar-refractivity contribution >= 4 is 23.7 Å². The lowest BCUT2D eigenvalue weighted by Crippen LogP contribution is -2.51. The van der Waals surface area contributed by atoms with Crippen molar-refractivity contribution in [1.29, 1.82) is 5.41 Å². The maximum atomic E-state index is 12.2. The highest BCUT2D eigenvalue weighted by Crippen LogP contribution is 2.26. The lowest BCUT2D eigenvalue weighted by Gasteiger charge is -2.35. The fourth-order valence-corrected chi connectivity index (χ4v) is 2.65. The topological polar surface area (TPSA) is 149 Å². The molecule has 25 heavy (non-hydrogen) atoms. The summed E-state index contributed by atoms with van der Waals surface area (Å²) in [5.74, 6) is -1.45. The van der Waals surface area contributed by atoms with Crippen LogP contribution in [-0.2, 0) is 9.59 Å². The zero-order valence-electron chi connectivity index (χ0n) is 13.6. The van der Waals surface area contributed by atoms with Crippen LogP contribution in [0.15, 0.2) is 24.3 Å². The summed E-state index contributed by atoms with van der Waals surface area (Å²) in [7, 11) is 0. The third kappa shape index (κ3) is 4.93. The molecule has 1 aromatic rings. The summed E-state index contributed by atoms with van der Waals surface area (Å²) >= 11 is 0. The van der Waals surface area contributed by atoms with Gasteiger partial charge in [0.15, 0.2) is 0 Å². The van der Waals surface area contributed by atoms with Gasteiger partial charge in [0.1, 0.15) is 12.4 Å². The van der Waals surface area contributed by atoms with E-state index in [9.17, 15) is 14.4 Å². The number of urea groups is 1. The van der Waals surface area contributed by atoms with E-state index in [0.717, 1.165) is 5.56 Å². The fraction of sp³-hybridized carbons (Fsp3) is 0.375. The number of carboxylic acids is 1. The lowest BCUT2D eigenvalue weighted by atomic mass is 9.99. The van der Waals surface area contributed by atoms with Crippen LogP contribution in [0.2, 0.25) is 0 Å². The SMILES string of the molecule is N=C(N)c1ccc(C2CCNC(=O)N2CC(=O)NCCC(=O)O)cc1. The number of nitrogens with two attached hydrogens (primary N) is 1. The first-order chi connectivity index (χ1) is 11.9. The maximum Gasteiger partial charge on any atom is 0.318 e. The Balaban J connectivity index is 2.07. The molecule has 9 nitrogen and oxygen atoms in total. The van der Waals surface area contributed by atoms with Gasteiger partial charge in [-0.05, 0) is 12.0 Å². The van der Waals surface area contributed by atoms with Gasteiger partial charge in [-0.3, -0.25) is 15.0 Å². The van der Waals surface area contributed by atoms with Gasteiger partial charge in [-0.1, -0.05) is 24.3 Å². The molecule has 134 valence electrons. The van der Waals surface area contributed by atoms with Gasteiger partial charge in [0, 0.05) is 18.7 Å². The van der Waals surface area contributed by atoms with E-state index in [1.165, 1.54) is 4.90 Å². The molecule has 1 aromatic carbocycles. The number of hydrogen-bond donors (Lipinski definition) is 5. The van der Waals surface area contributed by atoms with Crippen LogP contribution < -0.4 is 16.4 Å². The van der Waals surface area contributed by atoms with Crippen LogP contribution in [0.25, 0.3) is 0 Å². The summed E-state index contributed by atoms with van der Waals surface area (Å²) < 4.78 is 0. The van der Waals surface area contributed by atoms with Crippen LogP contribution >= 0.6 is 0 Å². The van der Waals surface area contributed by atoms with Crippen LogP contribution in [0.3, 0.4) is 0 Å². The molecule has 1 aliphatic rings. The summed E-state index contributed by atoms with van der Waals surface area (Å²) in [6.07, 6.45) is 0.460. The maximum absolute atomic E-state index is 12.2. The van der Waals surface area contributed by atoms with E-state index in [2.05, 4.69) is 10.6 Å². The average molecular weight is 347 g/mol. The van der Waals surface area contributed by atoms with E-state index >= 15 is 0 Å². The van der Waals surface area contributed by atoms with Gasteiger partial charge < -0.3 is 26.4 Å². The van der Waals surface area contributed by atoms with Crippen molar-refractivity contribution in [2.45, 2.75) is 18.9 Å². The largest absolute Gasteiger partial charge is 0.481 e. The second-order valence-corrected chi connectivity index (χ2v) is 5.69. The van der Waals surface area contributed by atoms with Crippen molar-refractivity contribution in [2.75, 3.05) is 19.6 Å². The van der Waals surface area contributed by atoms with Gasteiger partial charge in [0.05, 0.1) is 12.5 Å². The molecule has 0 aromatic heterocycles. The van der Waals surface area contributed by atoms with Crippen molar-refractivity contribution in [3.8, 4) is 0 Å². The monoisotopic (exact) mass is 347 g/mol. The molecule has 2 rings (SSSR count). The van der Waals surface area contributed by atoms with Crippen molar-refractivity contribution in [3.05, 3.63) is 35.4 Å². The highest BCUT2D eigenvalue weighted by atomic mass is 16.4. The van der Waals surface area contributed by atoms with Crippen molar-refractivity contribution in [3.63, 3.8) is 0 Å². The van der Waals surface area contributed by atoms with Crippen LogP contribution in [0, 0.1) is 5.41 Å². The van der Waals surface area contributed by atoms with Gasteiger partial charge in [-0.2, -0.15) is 0 Å². The van der Waals surface area contributed by atoms with Crippen molar-refractivity contribution in [1.82, 2.24) is 15.5 Å². The number of amides is 3. The third-order valence-corrected chi connectivity index (χ3v) is 3.91. The molecule has 1 saturated heterocycles. The highest BCUT2D eigenvalue weighted by molar-refractivity contribution is 5.94. The van der Waals surface area contributed by atoms with Crippen LogP contribution in [0.5, 0.6) is 0 Å². The Morgan fingerprint density at radius 1 is 1.36 bits per heavy atom. The molecular formula is C16H21N5O4. The summed E-state index contributed by atoms with van der Waals surface area (Å²) in [6, 6.07) is 6.36. The normalized spacial score (nSPS) is 16.9. The molecule has 0 bridgehead atoms. The van der Waals surface area contributed by atoms with Gasteiger partial charge in [0.2, 0.25) is 5.91 Å². The first-order valence-corrected chi connectivity index (χ1v) is 7.86. The quantitative estimate of drug-likeness (QED) is 0.348.